The van der Waals surface area contributed by atoms with E-state index in [4.69, 9.17) is 0 Å². The highest BCUT2D eigenvalue weighted by Gasteiger charge is 1.78. The SMILES string of the molecule is Cc1ccc([P-2])c(C)c1. The van der Waals surface area contributed by atoms with Crippen molar-refractivity contribution in [2.24, 2.45) is 0 Å². The summed E-state index contributed by atoms with van der Waals surface area (Å²) in [6.45, 7) is 4.15. The third-order valence-corrected chi connectivity index (χ3v) is 1.85. The summed E-state index contributed by atoms with van der Waals surface area (Å²) in [5.74, 6) is 0. The smallest absolute Gasteiger partial charge is 0.0398 e. The minimum Gasteiger partial charge on any atom is -1.45 e. The molecule has 0 aliphatic carbocycles. The molecule has 9 heavy (non-hydrogen) atoms. The largest absolute Gasteiger partial charge is 1.45 e. The summed E-state index contributed by atoms with van der Waals surface area (Å²) in [6, 6.07) is 6.21. The molecule has 0 aliphatic rings. The summed E-state index contributed by atoms with van der Waals surface area (Å²) < 4.78 is 0. The Labute approximate surface area is 58.5 Å². The van der Waals surface area contributed by atoms with Crippen LogP contribution in [0.1, 0.15) is 11.1 Å². The van der Waals surface area contributed by atoms with Crippen LogP contribution in [0.15, 0.2) is 18.2 Å². The van der Waals surface area contributed by atoms with Crippen LogP contribution in [0, 0.1) is 13.8 Å². The van der Waals surface area contributed by atoms with Crippen LogP contribution in [0.4, 0.5) is 0 Å². The third-order valence-electron chi connectivity index (χ3n) is 1.35. The van der Waals surface area contributed by atoms with E-state index in [9.17, 15) is 0 Å². The summed E-state index contributed by atoms with van der Waals surface area (Å²) >= 11 is 0. The Morgan fingerprint density at radius 3 is 2.33 bits per heavy atom. The number of rotatable bonds is 0. The number of benzene rings is 1. The standard InChI is InChI=1S/C8H9P/c1-6-3-4-8(9)7(2)5-6/h3-5H,1-2H3/q-2. The fourth-order valence-electron chi connectivity index (χ4n) is 0.805. The molecule has 0 aliphatic heterocycles. The molecule has 0 nitrogen and oxygen atoms in total. The number of aryl methyl sites for hydroxylation is 2. The first kappa shape index (κ1) is 6.77. The molecule has 0 spiro atoms. The van der Waals surface area contributed by atoms with Gasteiger partial charge in [0.1, 0.15) is 0 Å². The second-order valence-electron chi connectivity index (χ2n) is 2.29. The minimum atomic E-state index is 1.07. The Morgan fingerprint density at radius 2 is 1.89 bits per heavy atom. The maximum atomic E-state index is 4.25. The van der Waals surface area contributed by atoms with E-state index in [2.05, 4.69) is 35.2 Å². The molecule has 1 aromatic rings. The summed E-state index contributed by atoms with van der Waals surface area (Å²) in [5.41, 5.74) is 2.55. The Balaban J connectivity index is 3.17. The molecule has 0 aromatic heterocycles. The normalized spacial score (nSPS) is 9.67. The van der Waals surface area contributed by atoms with E-state index in [0.29, 0.717) is 0 Å². The summed E-state index contributed by atoms with van der Waals surface area (Å²) in [4.78, 5) is 0. The van der Waals surface area contributed by atoms with Gasteiger partial charge in [-0.3, -0.25) is 0 Å². The molecule has 0 amide bonds. The molecule has 0 saturated heterocycles. The van der Waals surface area contributed by atoms with Gasteiger partial charge in [-0.15, -0.1) is 11.6 Å². The highest BCUT2D eigenvalue weighted by Crippen LogP contribution is 2.02. The van der Waals surface area contributed by atoms with Crippen LogP contribution in [0.3, 0.4) is 0 Å². The van der Waals surface area contributed by atoms with Gasteiger partial charge in [-0.2, -0.15) is 0 Å². The maximum absolute atomic E-state index is 4.25. The predicted molar refractivity (Wildman–Crippen MR) is 42.5 cm³/mol. The van der Waals surface area contributed by atoms with Crippen LogP contribution in [-0.4, -0.2) is 0 Å². The third kappa shape index (κ3) is 1.53. The Hall–Kier alpha value is -0.350. The van der Waals surface area contributed by atoms with Crippen LogP contribution in [0.2, 0.25) is 0 Å². The summed E-state index contributed by atoms with van der Waals surface area (Å²) in [5, 5.41) is 1.07. The van der Waals surface area contributed by atoms with Crippen molar-refractivity contribution in [2.45, 2.75) is 13.8 Å². The van der Waals surface area contributed by atoms with Crippen LogP contribution in [0.5, 0.6) is 0 Å². The summed E-state index contributed by atoms with van der Waals surface area (Å²) in [6.07, 6.45) is 0. The lowest BCUT2D eigenvalue weighted by atomic mass is 10.2. The zero-order valence-electron chi connectivity index (χ0n) is 5.68. The molecule has 0 radical (unpaired) electrons. The molecule has 1 aromatic carbocycles. The second-order valence-corrected chi connectivity index (χ2v) is 2.77. The number of hydrogen-bond acceptors (Lipinski definition) is 0. The van der Waals surface area contributed by atoms with Crippen molar-refractivity contribution in [3.8, 4) is 0 Å². The predicted octanol–water partition coefficient (Wildman–Crippen LogP) is 2.34. The average Bonchev–Trinajstić information content (AvgIpc) is 1.80. The second kappa shape index (κ2) is 2.49. The van der Waals surface area contributed by atoms with Crippen molar-refractivity contribution in [1.82, 2.24) is 0 Å². The van der Waals surface area contributed by atoms with Crippen LogP contribution >= 0.6 is 9.24 Å². The Kier molecular flexibility index (Phi) is 1.87. The van der Waals surface area contributed by atoms with Gasteiger partial charge in [0.15, 0.2) is 0 Å². The van der Waals surface area contributed by atoms with Crippen molar-refractivity contribution in [2.75, 3.05) is 0 Å². The fraction of sp³-hybridized carbons (Fsp3) is 0.250. The lowest BCUT2D eigenvalue weighted by Crippen LogP contribution is -1.94. The van der Waals surface area contributed by atoms with Crippen molar-refractivity contribution < 1.29 is 0 Å². The van der Waals surface area contributed by atoms with Gasteiger partial charge in [0, 0.05) is 0 Å². The van der Waals surface area contributed by atoms with Gasteiger partial charge in [-0.05, 0) is 13.8 Å². The van der Waals surface area contributed by atoms with Gasteiger partial charge in [-0.1, -0.05) is 17.7 Å². The molecule has 0 saturated carbocycles. The maximum Gasteiger partial charge on any atom is -0.0398 e. The molecule has 0 fully saturated rings. The molecule has 0 heterocycles. The van der Waals surface area contributed by atoms with E-state index in [0.717, 1.165) is 5.30 Å². The van der Waals surface area contributed by atoms with E-state index in [-0.39, 0.29) is 0 Å². The van der Waals surface area contributed by atoms with Crippen LogP contribution < -0.4 is 5.30 Å². The topological polar surface area (TPSA) is 0 Å². The van der Waals surface area contributed by atoms with Crippen molar-refractivity contribution >= 4 is 14.5 Å². The van der Waals surface area contributed by atoms with Crippen molar-refractivity contribution in [1.29, 1.82) is 0 Å². The molecular formula is C8H9P-2. The van der Waals surface area contributed by atoms with Gasteiger partial charge in [-0.25, -0.2) is 0 Å². The highest BCUT2D eigenvalue weighted by molar-refractivity contribution is 7.27. The van der Waals surface area contributed by atoms with E-state index < -0.39 is 0 Å². The Morgan fingerprint density at radius 1 is 1.22 bits per heavy atom. The molecule has 48 valence electrons. The monoisotopic (exact) mass is 136 g/mol. The van der Waals surface area contributed by atoms with Gasteiger partial charge in [0.25, 0.3) is 0 Å². The molecule has 1 rings (SSSR count). The van der Waals surface area contributed by atoms with Gasteiger partial charge >= 0.3 is 0 Å². The molecule has 0 unspecified atom stereocenters. The first-order chi connectivity index (χ1) is 4.20. The zero-order valence-corrected chi connectivity index (χ0v) is 6.57. The minimum absolute atomic E-state index is 1.07. The quantitative estimate of drug-likeness (QED) is 0.480. The molecule has 0 bridgehead atoms. The van der Waals surface area contributed by atoms with Crippen molar-refractivity contribution in [3.05, 3.63) is 29.3 Å². The average molecular weight is 136 g/mol. The lowest BCUT2D eigenvalue weighted by Gasteiger charge is -2.36. The first-order valence-electron chi connectivity index (χ1n) is 2.96. The number of hydrogen-bond donors (Lipinski definition) is 0. The Bertz CT molecular complexity index is 216. The van der Waals surface area contributed by atoms with E-state index in [1.54, 1.807) is 0 Å². The molecular weight excluding hydrogens is 127 g/mol. The molecule has 0 N–H and O–H groups in total. The lowest BCUT2D eigenvalue weighted by molar-refractivity contribution is 1.41. The highest BCUT2D eigenvalue weighted by atomic mass is 31.0. The van der Waals surface area contributed by atoms with Crippen molar-refractivity contribution in [3.63, 3.8) is 0 Å². The fourth-order valence-corrected chi connectivity index (χ4v) is 0.944. The van der Waals surface area contributed by atoms with E-state index >= 15 is 0 Å². The van der Waals surface area contributed by atoms with Crippen LogP contribution in [-0.2, 0) is 0 Å². The molecule has 1 heteroatoms. The van der Waals surface area contributed by atoms with E-state index in [1.165, 1.54) is 11.1 Å². The van der Waals surface area contributed by atoms with E-state index in [1.807, 2.05) is 6.07 Å². The van der Waals surface area contributed by atoms with Gasteiger partial charge < -0.3 is 14.5 Å². The first-order valence-corrected chi connectivity index (χ1v) is 3.41. The molecule has 0 atom stereocenters. The zero-order chi connectivity index (χ0) is 6.85. The summed E-state index contributed by atoms with van der Waals surface area (Å²) in [7, 11) is 4.25. The van der Waals surface area contributed by atoms with Gasteiger partial charge in [0.05, 0.1) is 0 Å². The van der Waals surface area contributed by atoms with Crippen LogP contribution in [0.25, 0.3) is 0 Å². The van der Waals surface area contributed by atoms with Gasteiger partial charge in [0.2, 0.25) is 0 Å².